The van der Waals surface area contributed by atoms with Crippen molar-refractivity contribution in [3.63, 3.8) is 0 Å². The van der Waals surface area contributed by atoms with E-state index < -0.39 is 0 Å². The van der Waals surface area contributed by atoms with E-state index in [2.05, 4.69) is 0 Å². The van der Waals surface area contributed by atoms with Gasteiger partial charge in [-0.25, -0.2) is 4.79 Å². The molecule has 4 rings (SSSR count). The number of fused-ring (bicyclic) bond motifs is 3. The van der Waals surface area contributed by atoms with Crippen LogP contribution in [-0.2, 0) is 9.53 Å². The summed E-state index contributed by atoms with van der Waals surface area (Å²) >= 11 is 0. The molecule has 0 unspecified atom stereocenters. The van der Waals surface area contributed by atoms with Gasteiger partial charge in [0, 0.05) is 5.57 Å². The van der Waals surface area contributed by atoms with Gasteiger partial charge in [0.25, 0.3) is 0 Å². The Morgan fingerprint density at radius 1 is 0.722 bits per heavy atom. The normalized spacial score (nSPS) is 29.7. The van der Waals surface area contributed by atoms with Gasteiger partial charge < -0.3 is 4.74 Å². The fourth-order valence-electron chi connectivity index (χ4n) is 4.25. The van der Waals surface area contributed by atoms with E-state index in [0.717, 1.165) is 24.8 Å². The van der Waals surface area contributed by atoms with Gasteiger partial charge in [-0.15, -0.1) is 0 Å². The average Bonchev–Trinajstić information content (AvgIpc) is 3.01. The highest BCUT2D eigenvalue weighted by Crippen LogP contribution is 2.62. The summed E-state index contributed by atoms with van der Waals surface area (Å²) < 4.78 is 5.88. The topological polar surface area (TPSA) is 26.3 Å². The first kappa shape index (κ1) is 10.8. The molecule has 0 amide bonds. The molecule has 4 aliphatic rings. The standard InChI is InChI=1S/C16H20O2/c17-15-11-7-3-1-4-8-12(11)16(18-15)13-9-5-2-6-10-14(13)16/h1-10H2. The second-order valence-corrected chi connectivity index (χ2v) is 6.11. The first-order chi connectivity index (χ1) is 8.84. The summed E-state index contributed by atoms with van der Waals surface area (Å²) in [5, 5.41) is 0. The molecule has 1 heterocycles. The molecule has 0 radical (unpaired) electrons. The van der Waals surface area contributed by atoms with Crippen LogP contribution in [0.1, 0.15) is 64.2 Å². The molecule has 0 saturated heterocycles. The van der Waals surface area contributed by atoms with Crippen molar-refractivity contribution in [1.82, 2.24) is 0 Å². The average molecular weight is 244 g/mol. The number of carbonyl (C=O) groups is 1. The lowest BCUT2D eigenvalue weighted by atomic mass is 9.91. The van der Waals surface area contributed by atoms with Crippen molar-refractivity contribution in [3.05, 3.63) is 22.3 Å². The first-order valence-electron chi connectivity index (χ1n) is 7.53. The predicted octanol–water partition coefficient (Wildman–Crippen LogP) is 3.82. The molecule has 96 valence electrons. The zero-order chi connectivity index (χ0) is 12.2. The fraction of sp³-hybridized carbons (Fsp3) is 0.688. The third-order valence-corrected chi connectivity index (χ3v) is 5.14. The maximum Gasteiger partial charge on any atom is 0.335 e. The van der Waals surface area contributed by atoms with Crippen LogP contribution in [0.2, 0.25) is 0 Å². The Balaban J connectivity index is 1.71. The number of hydrogen-bond donors (Lipinski definition) is 0. The molecule has 18 heavy (non-hydrogen) atoms. The van der Waals surface area contributed by atoms with Crippen molar-refractivity contribution in [3.8, 4) is 0 Å². The number of esters is 1. The van der Waals surface area contributed by atoms with Crippen LogP contribution in [0.4, 0.5) is 0 Å². The van der Waals surface area contributed by atoms with E-state index in [-0.39, 0.29) is 11.6 Å². The van der Waals surface area contributed by atoms with Gasteiger partial charge in [0.1, 0.15) is 0 Å². The molecule has 2 heteroatoms. The molecule has 0 N–H and O–H groups in total. The van der Waals surface area contributed by atoms with Gasteiger partial charge in [-0.1, -0.05) is 12.8 Å². The molecule has 0 bridgehead atoms. The third kappa shape index (κ3) is 1.27. The summed E-state index contributed by atoms with van der Waals surface area (Å²) in [6, 6.07) is 0. The van der Waals surface area contributed by atoms with Gasteiger partial charge in [-0.05, 0) is 68.1 Å². The maximum atomic E-state index is 12.1. The van der Waals surface area contributed by atoms with Gasteiger partial charge in [0.2, 0.25) is 0 Å². The molecule has 1 spiro atoms. The predicted molar refractivity (Wildman–Crippen MR) is 69.0 cm³/mol. The van der Waals surface area contributed by atoms with E-state index in [1.807, 2.05) is 0 Å². The van der Waals surface area contributed by atoms with Gasteiger partial charge in [-0.2, -0.15) is 0 Å². The second-order valence-electron chi connectivity index (χ2n) is 6.11. The van der Waals surface area contributed by atoms with Crippen molar-refractivity contribution < 1.29 is 9.53 Å². The lowest BCUT2D eigenvalue weighted by Crippen LogP contribution is -2.21. The lowest BCUT2D eigenvalue weighted by Gasteiger charge is -2.19. The van der Waals surface area contributed by atoms with Gasteiger partial charge >= 0.3 is 5.97 Å². The van der Waals surface area contributed by atoms with Gasteiger partial charge in [-0.3, -0.25) is 0 Å². The van der Waals surface area contributed by atoms with E-state index in [0.29, 0.717) is 0 Å². The number of ether oxygens (including phenoxy) is 1. The van der Waals surface area contributed by atoms with Gasteiger partial charge in [0.15, 0.2) is 5.60 Å². The SMILES string of the molecule is O=C1OC2(C3=C1CCCCC3)C1=C2CCCCC1. The minimum atomic E-state index is -0.253. The second kappa shape index (κ2) is 3.72. The molecular formula is C16H20O2. The Labute approximate surface area is 108 Å². The Bertz CT molecular complexity index is 465. The van der Waals surface area contributed by atoms with Crippen LogP contribution in [0, 0.1) is 0 Å². The molecule has 0 saturated carbocycles. The van der Waals surface area contributed by atoms with Crippen LogP contribution in [-0.4, -0.2) is 11.6 Å². The van der Waals surface area contributed by atoms with E-state index in [4.69, 9.17) is 4.74 Å². The molecule has 0 fully saturated rings. The van der Waals surface area contributed by atoms with Crippen molar-refractivity contribution in [2.24, 2.45) is 0 Å². The molecule has 2 nitrogen and oxygen atoms in total. The molecular weight excluding hydrogens is 224 g/mol. The van der Waals surface area contributed by atoms with E-state index in [9.17, 15) is 4.79 Å². The summed E-state index contributed by atoms with van der Waals surface area (Å²) in [5.41, 5.74) is 5.13. The van der Waals surface area contributed by atoms with E-state index in [1.54, 1.807) is 0 Å². The summed E-state index contributed by atoms with van der Waals surface area (Å²) in [4.78, 5) is 12.1. The number of carbonyl (C=O) groups excluding carboxylic acids is 1. The highest BCUT2D eigenvalue weighted by molar-refractivity contribution is 5.96. The quantitative estimate of drug-likeness (QED) is 0.478. The molecule has 0 aromatic carbocycles. The van der Waals surface area contributed by atoms with Crippen molar-refractivity contribution in [1.29, 1.82) is 0 Å². The number of hydrogen-bond acceptors (Lipinski definition) is 2. The van der Waals surface area contributed by atoms with Crippen LogP contribution >= 0.6 is 0 Å². The minimum absolute atomic E-state index is 0.0000246. The van der Waals surface area contributed by atoms with Crippen LogP contribution in [0.15, 0.2) is 22.3 Å². The zero-order valence-corrected chi connectivity index (χ0v) is 10.9. The van der Waals surface area contributed by atoms with Crippen LogP contribution < -0.4 is 0 Å². The molecule has 0 atom stereocenters. The highest BCUT2D eigenvalue weighted by atomic mass is 16.6. The highest BCUT2D eigenvalue weighted by Gasteiger charge is 2.62. The van der Waals surface area contributed by atoms with E-state index in [1.165, 1.54) is 61.7 Å². The van der Waals surface area contributed by atoms with Gasteiger partial charge in [0.05, 0.1) is 0 Å². The fourth-order valence-corrected chi connectivity index (χ4v) is 4.25. The zero-order valence-electron chi connectivity index (χ0n) is 10.9. The Kier molecular flexibility index (Phi) is 2.24. The monoisotopic (exact) mass is 244 g/mol. The molecule has 3 aliphatic carbocycles. The summed E-state index contributed by atoms with van der Waals surface area (Å²) in [7, 11) is 0. The molecule has 0 aromatic rings. The maximum absolute atomic E-state index is 12.1. The summed E-state index contributed by atoms with van der Waals surface area (Å²) in [6.07, 6.45) is 11.9. The Morgan fingerprint density at radius 2 is 1.28 bits per heavy atom. The van der Waals surface area contributed by atoms with Crippen molar-refractivity contribution in [2.75, 3.05) is 0 Å². The number of rotatable bonds is 0. The summed E-state index contributed by atoms with van der Waals surface area (Å²) in [5.74, 6) is -0.0000246. The minimum Gasteiger partial charge on any atom is -0.442 e. The molecule has 0 aromatic heterocycles. The molecule has 1 aliphatic heterocycles. The Hall–Kier alpha value is -1.05. The third-order valence-electron chi connectivity index (χ3n) is 5.14. The van der Waals surface area contributed by atoms with Crippen LogP contribution in [0.5, 0.6) is 0 Å². The van der Waals surface area contributed by atoms with Crippen LogP contribution in [0.3, 0.4) is 0 Å². The van der Waals surface area contributed by atoms with Crippen molar-refractivity contribution in [2.45, 2.75) is 69.8 Å². The first-order valence-corrected chi connectivity index (χ1v) is 7.53. The van der Waals surface area contributed by atoms with Crippen molar-refractivity contribution >= 4 is 5.97 Å². The smallest absolute Gasteiger partial charge is 0.335 e. The Morgan fingerprint density at radius 3 is 1.94 bits per heavy atom. The van der Waals surface area contributed by atoms with Crippen LogP contribution in [0.25, 0.3) is 0 Å². The van der Waals surface area contributed by atoms with E-state index >= 15 is 0 Å². The summed E-state index contributed by atoms with van der Waals surface area (Å²) in [6.45, 7) is 0. The largest absolute Gasteiger partial charge is 0.442 e. The lowest BCUT2D eigenvalue weighted by molar-refractivity contribution is -0.140.